The second-order valence-corrected chi connectivity index (χ2v) is 11.5. The van der Waals surface area contributed by atoms with Gasteiger partial charge in [-0.05, 0) is 74.8 Å². The van der Waals surface area contributed by atoms with E-state index < -0.39 is 17.7 Å². The zero-order chi connectivity index (χ0) is 29.4. The maximum Gasteiger partial charge on any atom is 0.407 e. The van der Waals surface area contributed by atoms with Crippen LogP contribution in [0, 0.1) is 12.8 Å². The lowest BCUT2D eigenvalue weighted by molar-refractivity contribution is -0.137. The summed E-state index contributed by atoms with van der Waals surface area (Å²) in [6.07, 6.45) is 4.32. The molecule has 0 saturated carbocycles. The maximum atomic E-state index is 13.8. The van der Waals surface area contributed by atoms with E-state index in [0.717, 1.165) is 40.5 Å². The van der Waals surface area contributed by atoms with Crippen LogP contribution in [0.25, 0.3) is 28.0 Å². The number of alkyl carbamates (subject to hydrolysis) is 1. The zero-order valence-corrected chi connectivity index (χ0v) is 24.8. The first-order chi connectivity index (χ1) is 18.9. The number of ether oxygens (including phenoxy) is 2. The second kappa shape index (κ2) is 13.5. The lowest BCUT2D eigenvalue weighted by atomic mass is 9.94. The number of nitrogens with one attached hydrogen (secondary N) is 1. The minimum Gasteiger partial charge on any atom is -0.463 e. The molecule has 0 aliphatic rings. The Kier molecular flexibility index (Phi) is 10.3. The molecule has 40 heavy (non-hydrogen) atoms. The molecule has 2 aromatic carbocycles. The van der Waals surface area contributed by atoms with Crippen LogP contribution >= 0.6 is 0 Å². The average Bonchev–Trinajstić information content (AvgIpc) is 2.87. The molecule has 1 amide bonds. The Hall–Kier alpha value is -3.87. The van der Waals surface area contributed by atoms with Gasteiger partial charge in [0.05, 0.1) is 13.2 Å². The van der Waals surface area contributed by atoms with Gasteiger partial charge in [-0.1, -0.05) is 63.1 Å². The van der Waals surface area contributed by atoms with E-state index in [1.165, 1.54) is 6.08 Å². The third-order valence-corrected chi connectivity index (χ3v) is 6.24. The fraction of sp³-hybridized carbons (Fsp3) is 0.424. The van der Waals surface area contributed by atoms with E-state index in [2.05, 4.69) is 19.2 Å². The van der Waals surface area contributed by atoms with Crippen molar-refractivity contribution in [3.8, 4) is 11.1 Å². The number of fused-ring (bicyclic) bond motifs is 1. The van der Waals surface area contributed by atoms with Crippen molar-refractivity contribution in [3.63, 3.8) is 0 Å². The van der Waals surface area contributed by atoms with Crippen LogP contribution in [0.4, 0.5) is 4.79 Å². The number of rotatable bonds is 10. The molecule has 0 unspecified atom stereocenters. The molecule has 0 radical (unpaired) electrons. The van der Waals surface area contributed by atoms with Gasteiger partial charge >= 0.3 is 12.1 Å². The van der Waals surface area contributed by atoms with Gasteiger partial charge in [0, 0.05) is 29.3 Å². The number of hydrogen-bond acceptors (Lipinski definition) is 5. The average molecular weight is 547 g/mol. The van der Waals surface area contributed by atoms with Crippen molar-refractivity contribution >= 4 is 28.9 Å². The van der Waals surface area contributed by atoms with Crippen molar-refractivity contribution in [1.82, 2.24) is 9.88 Å². The van der Waals surface area contributed by atoms with Crippen LogP contribution in [0.2, 0.25) is 0 Å². The molecule has 0 atom stereocenters. The van der Waals surface area contributed by atoms with Gasteiger partial charge < -0.3 is 19.4 Å². The number of pyridine rings is 1. The van der Waals surface area contributed by atoms with Gasteiger partial charge in [0.25, 0.3) is 5.56 Å². The summed E-state index contributed by atoms with van der Waals surface area (Å²) in [4.78, 5) is 38.6. The summed E-state index contributed by atoms with van der Waals surface area (Å²) in [5.41, 5.74) is 3.57. The molecule has 1 N–H and O–H groups in total. The molecule has 0 bridgehead atoms. The van der Waals surface area contributed by atoms with Crippen LogP contribution in [0.5, 0.6) is 0 Å². The molecule has 0 fully saturated rings. The van der Waals surface area contributed by atoms with Crippen LogP contribution < -0.4 is 10.9 Å². The van der Waals surface area contributed by atoms with E-state index in [-0.39, 0.29) is 18.0 Å². The zero-order valence-electron chi connectivity index (χ0n) is 24.8. The Morgan fingerprint density at radius 3 is 2.38 bits per heavy atom. The molecule has 7 heteroatoms. The van der Waals surface area contributed by atoms with E-state index in [1.54, 1.807) is 16.7 Å². The molecule has 0 aliphatic carbocycles. The van der Waals surface area contributed by atoms with Crippen molar-refractivity contribution in [3.05, 3.63) is 75.7 Å². The van der Waals surface area contributed by atoms with Crippen LogP contribution in [-0.2, 0) is 27.4 Å². The number of carbonyl (C=O) groups excluding carboxylic acids is 2. The number of nitrogens with zero attached hydrogens (tertiary/aromatic N) is 1. The van der Waals surface area contributed by atoms with Crippen LogP contribution in [0.3, 0.4) is 0 Å². The Labute approximate surface area is 237 Å². The van der Waals surface area contributed by atoms with E-state index >= 15 is 0 Å². The molecule has 0 saturated heterocycles. The lowest BCUT2D eigenvalue weighted by Gasteiger charge is -2.23. The minimum absolute atomic E-state index is 0.111. The Morgan fingerprint density at radius 1 is 1.05 bits per heavy atom. The van der Waals surface area contributed by atoms with E-state index in [0.29, 0.717) is 24.2 Å². The number of carbonyl (C=O) groups is 2. The van der Waals surface area contributed by atoms with Crippen molar-refractivity contribution in [2.45, 2.75) is 80.0 Å². The fourth-order valence-electron chi connectivity index (χ4n) is 4.40. The molecule has 7 nitrogen and oxygen atoms in total. The molecular weight excluding hydrogens is 504 g/mol. The summed E-state index contributed by atoms with van der Waals surface area (Å²) in [6, 6.07) is 13.7. The molecule has 1 aromatic heterocycles. The Morgan fingerprint density at radius 2 is 1.75 bits per heavy atom. The SMILES string of the molecule is CCCCOC(=O)/C=C/c1ccc2c(=O)n(CC(C)C)c(CNC(=O)OC(C)(C)C)c(-c3ccc(C)cc3)c2c1. The van der Waals surface area contributed by atoms with E-state index in [9.17, 15) is 14.4 Å². The minimum atomic E-state index is -0.649. The van der Waals surface area contributed by atoms with Gasteiger partial charge in [0.15, 0.2) is 0 Å². The first-order valence-corrected chi connectivity index (χ1v) is 14.0. The third-order valence-electron chi connectivity index (χ3n) is 6.24. The summed E-state index contributed by atoms with van der Waals surface area (Å²) in [6.45, 7) is 14.6. The number of benzene rings is 2. The standard InChI is InChI=1S/C33H42N2O5/c1-8-9-18-39-29(36)17-13-24-12-16-26-27(19-24)30(25-14-10-23(4)11-15-25)28(35(31(26)37)21-22(2)3)20-34-32(38)40-33(5,6)7/h10-17,19,22H,8-9,18,20-21H2,1-7H3,(H,34,38)/b17-13+. The van der Waals surface area contributed by atoms with Crippen LogP contribution in [0.1, 0.15) is 71.2 Å². The number of aryl methyl sites for hydroxylation is 1. The maximum absolute atomic E-state index is 13.8. The van der Waals surface area contributed by atoms with Gasteiger partial charge in [0.2, 0.25) is 0 Å². The summed E-state index contributed by atoms with van der Waals surface area (Å²) in [7, 11) is 0. The Bertz CT molecular complexity index is 1430. The van der Waals surface area contributed by atoms with E-state index in [1.807, 2.05) is 71.0 Å². The number of hydrogen-bond donors (Lipinski definition) is 1. The fourth-order valence-corrected chi connectivity index (χ4v) is 4.40. The van der Waals surface area contributed by atoms with Crippen LogP contribution in [0.15, 0.2) is 53.3 Å². The molecule has 3 aromatic rings. The van der Waals surface area contributed by atoms with Gasteiger partial charge in [-0.15, -0.1) is 0 Å². The number of esters is 1. The predicted octanol–water partition coefficient (Wildman–Crippen LogP) is 7.01. The van der Waals surface area contributed by atoms with Gasteiger partial charge in [-0.2, -0.15) is 0 Å². The predicted molar refractivity (Wildman–Crippen MR) is 161 cm³/mol. The van der Waals surface area contributed by atoms with Gasteiger partial charge in [0.1, 0.15) is 5.60 Å². The molecular formula is C33H42N2O5. The van der Waals surface area contributed by atoms with Crippen LogP contribution in [-0.4, -0.2) is 28.8 Å². The largest absolute Gasteiger partial charge is 0.463 e. The second-order valence-electron chi connectivity index (χ2n) is 11.5. The third kappa shape index (κ3) is 8.31. The summed E-state index contributed by atoms with van der Waals surface area (Å²) < 4.78 is 12.5. The molecule has 3 rings (SSSR count). The highest BCUT2D eigenvalue weighted by molar-refractivity contribution is 5.99. The Balaban J connectivity index is 2.20. The number of aromatic nitrogens is 1. The number of unbranched alkanes of at least 4 members (excludes halogenated alkanes) is 1. The highest BCUT2D eigenvalue weighted by Gasteiger charge is 2.21. The quantitative estimate of drug-likeness (QED) is 0.168. The van der Waals surface area contributed by atoms with Gasteiger partial charge in [-0.3, -0.25) is 4.79 Å². The van der Waals surface area contributed by atoms with Crippen molar-refractivity contribution in [2.24, 2.45) is 5.92 Å². The van der Waals surface area contributed by atoms with Crippen molar-refractivity contribution in [2.75, 3.05) is 6.61 Å². The monoisotopic (exact) mass is 546 g/mol. The van der Waals surface area contributed by atoms with Gasteiger partial charge in [-0.25, -0.2) is 9.59 Å². The molecule has 0 spiro atoms. The summed E-state index contributed by atoms with van der Waals surface area (Å²) >= 11 is 0. The molecule has 214 valence electrons. The molecule has 0 aliphatic heterocycles. The normalized spacial score (nSPS) is 11.8. The first kappa shape index (κ1) is 30.7. The van der Waals surface area contributed by atoms with Crippen molar-refractivity contribution in [1.29, 1.82) is 0 Å². The van der Waals surface area contributed by atoms with E-state index in [4.69, 9.17) is 9.47 Å². The highest BCUT2D eigenvalue weighted by Crippen LogP contribution is 2.32. The smallest absolute Gasteiger partial charge is 0.407 e. The molecule has 1 heterocycles. The summed E-state index contributed by atoms with van der Waals surface area (Å²) in [5, 5.41) is 4.18. The number of amides is 1. The van der Waals surface area contributed by atoms with Crippen molar-refractivity contribution < 1.29 is 19.1 Å². The topological polar surface area (TPSA) is 86.6 Å². The first-order valence-electron chi connectivity index (χ1n) is 14.0. The lowest BCUT2D eigenvalue weighted by Crippen LogP contribution is -2.35. The highest BCUT2D eigenvalue weighted by atomic mass is 16.6. The summed E-state index contributed by atoms with van der Waals surface area (Å²) in [5.74, 6) is -0.205.